The molecule has 0 aliphatic rings. The van der Waals surface area contributed by atoms with Crippen LogP contribution in [0.25, 0.3) is 0 Å². The van der Waals surface area contributed by atoms with Crippen molar-refractivity contribution in [3.8, 4) is 0 Å². The van der Waals surface area contributed by atoms with Crippen molar-refractivity contribution in [1.29, 1.82) is 0 Å². The van der Waals surface area contributed by atoms with Crippen LogP contribution < -0.4 is 5.32 Å². The highest BCUT2D eigenvalue weighted by Gasteiger charge is 2.39. The lowest BCUT2D eigenvalue weighted by Gasteiger charge is -2.31. The minimum absolute atomic E-state index is 0.316. The number of halogens is 1. The van der Waals surface area contributed by atoms with E-state index in [4.69, 9.17) is 4.74 Å². The molecule has 0 aliphatic heterocycles. The summed E-state index contributed by atoms with van der Waals surface area (Å²) in [5.74, 6) is -0.658. The normalized spacial score (nSPS) is 14.0. The van der Waals surface area contributed by atoms with Gasteiger partial charge in [-0.2, -0.15) is 0 Å². The van der Waals surface area contributed by atoms with Crippen LogP contribution in [0.3, 0.4) is 0 Å². The van der Waals surface area contributed by atoms with Crippen molar-refractivity contribution in [3.05, 3.63) is 35.6 Å². The lowest BCUT2D eigenvalue weighted by atomic mass is 9.87. The molecule has 1 aromatic carbocycles. The van der Waals surface area contributed by atoms with Gasteiger partial charge in [0.25, 0.3) is 0 Å². The molecule has 0 aliphatic carbocycles. The van der Waals surface area contributed by atoms with Crippen LogP contribution in [-0.2, 0) is 15.1 Å². The van der Waals surface area contributed by atoms with Gasteiger partial charge >= 0.3 is 5.97 Å². The van der Waals surface area contributed by atoms with Gasteiger partial charge in [0.2, 0.25) is 0 Å². The minimum atomic E-state index is -0.890. The van der Waals surface area contributed by atoms with Crippen LogP contribution in [0.2, 0.25) is 0 Å². The molecule has 0 bridgehead atoms. The van der Waals surface area contributed by atoms with Gasteiger partial charge in [0.15, 0.2) is 0 Å². The Labute approximate surface area is 107 Å². The number of rotatable bonds is 6. The number of carbonyl (C=O) groups excluding carboxylic acids is 1. The molecule has 1 rings (SSSR count). The molecular formula is C14H20FNO2. The summed E-state index contributed by atoms with van der Waals surface area (Å²) in [4.78, 5) is 12.1. The number of hydrogen-bond acceptors (Lipinski definition) is 3. The second-order valence-corrected chi connectivity index (χ2v) is 4.18. The fourth-order valence-corrected chi connectivity index (χ4v) is 2.01. The molecule has 0 saturated heterocycles. The van der Waals surface area contributed by atoms with Crippen LogP contribution in [0.4, 0.5) is 4.39 Å². The highest BCUT2D eigenvalue weighted by molar-refractivity contribution is 5.82. The van der Waals surface area contributed by atoms with Gasteiger partial charge in [-0.05, 0) is 37.1 Å². The third kappa shape index (κ3) is 2.88. The molecule has 18 heavy (non-hydrogen) atoms. The first-order valence-electron chi connectivity index (χ1n) is 6.20. The Kier molecular flexibility index (Phi) is 5.28. The fraction of sp³-hybridized carbons (Fsp3) is 0.500. The second kappa shape index (κ2) is 6.50. The van der Waals surface area contributed by atoms with Crippen molar-refractivity contribution in [2.75, 3.05) is 13.7 Å². The lowest BCUT2D eigenvalue weighted by molar-refractivity contribution is -0.149. The third-order valence-electron chi connectivity index (χ3n) is 3.08. The molecule has 0 fully saturated rings. The summed E-state index contributed by atoms with van der Waals surface area (Å²) >= 11 is 0. The van der Waals surface area contributed by atoms with E-state index in [2.05, 4.69) is 5.32 Å². The summed E-state index contributed by atoms with van der Waals surface area (Å²) in [6, 6.07) is 5.96. The van der Waals surface area contributed by atoms with Gasteiger partial charge in [-0.1, -0.05) is 26.0 Å². The molecule has 0 saturated carbocycles. The van der Waals surface area contributed by atoms with Gasteiger partial charge in [-0.25, -0.2) is 9.18 Å². The molecular weight excluding hydrogens is 233 g/mol. The van der Waals surface area contributed by atoms with Crippen LogP contribution >= 0.6 is 0 Å². The zero-order valence-electron chi connectivity index (χ0n) is 11.1. The fourth-order valence-electron chi connectivity index (χ4n) is 2.01. The van der Waals surface area contributed by atoms with Crippen molar-refractivity contribution in [1.82, 2.24) is 5.32 Å². The molecule has 0 amide bonds. The molecule has 0 heterocycles. The molecule has 0 aromatic heterocycles. The molecule has 3 nitrogen and oxygen atoms in total. The largest absolute Gasteiger partial charge is 0.467 e. The average molecular weight is 253 g/mol. The van der Waals surface area contributed by atoms with Gasteiger partial charge < -0.3 is 4.74 Å². The van der Waals surface area contributed by atoms with E-state index in [9.17, 15) is 9.18 Å². The summed E-state index contributed by atoms with van der Waals surface area (Å²) in [5, 5.41) is 3.22. The molecule has 0 radical (unpaired) electrons. The minimum Gasteiger partial charge on any atom is -0.467 e. The van der Waals surface area contributed by atoms with E-state index in [-0.39, 0.29) is 11.8 Å². The molecule has 1 aromatic rings. The van der Waals surface area contributed by atoms with E-state index in [1.54, 1.807) is 12.1 Å². The van der Waals surface area contributed by atoms with E-state index in [0.717, 1.165) is 12.0 Å². The van der Waals surface area contributed by atoms with Gasteiger partial charge in [0, 0.05) is 0 Å². The number of benzene rings is 1. The standard InChI is InChI=1S/C14H20FNO2/c1-4-10-16-14(5-2,13(17)18-3)11-6-8-12(15)9-7-11/h6-9,16H,4-5,10H2,1-3H3. The van der Waals surface area contributed by atoms with Gasteiger partial charge in [0.05, 0.1) is 7.11 Å². The SMILES string of the molecule is CCCNC(CC)(C(=O)OC)c1ccc(F)cc1. The van der Waals surface area contributed by atoms with Crippen LogP contribution in [0, 0.1) is 5.82 Å². The van der Waals surface area contributed by atoms with Gasteiger partial charge in [0.1, 0.15) is 11.4 Å². The van der Waals surface area contributed by atoms with Gasteiger partial charge in [-0.15, -0.1) is 0 Å². The maximum Gasteiger partial charge on any atom is 0.330 e. The van der Waals surface area contributed by atoms with Crippen molar-refractivity contribution in [2.45, 2.75) is 32.2 Å². The smallest absolute Gasteiger partial charge is 0.330 e. The first-order valence-corrected chi connectivity index (χ1v) is 6.20. The van der Waals surface area contributed by atoms with E-state index in [1.807, 2.05) is 13.8 Å². The first kappa shape index (κ1) is 14.6. The van der Waals surface area contributed by atoms with E-state index in [1.165, 1.54) is 19.2 Å². The van der Waals surface area contributed by atoms with Crippen LogP contribution in [0.15, 0.2) is 24.3 Å². The van der Waals surface area contributed by atoms with E-state index >= 15 is 0 Å². The summed E-state index contributed by atoms with van der Waals surface area (Å²) in [7, 11) is 1.36. The van der Waals surface area contributed by atoms with Crippen LogP contribution in [0.5, 0.6) is 0 Å². The number of ether oxygens (including phenoxy) is 1. The number of methoxy groups -OCH3 is 1. The summed E-state index contributed by atoms with van der Waals surface area (Å²) in [6.45, 7) is 4.62. The average Bonchev–Trinajstić information content (AvgIpc) is 2.41. The van der Waals surface area contributed by atoms with Crippen molar-refractivity contribution in [2.24, 2.45) is 0 Å². The molecule has 1 N–H and O–H groups in total. The van der Waals surface area contributed by atoms with E-state index < -0.39 is 5.54 Å². The number of nitrogens with one attached hydrogen (secondary N) is 1. The Bertz CT molecular complexity index is 391. The summed E-state index contributed by atoms with van der Waals surface area (Å²) in [6.07, 6.45) is 1.45. The Morgan fingerprint density at radius 1 is 1.33 bits per heavy atom. The number of carbonyl (C=O) groups is 1. The Morgan fingerprint density at radius 2 is 1.94 bits per heavy atom. The summed E-state index contributed by atoms with van der Waals surface area (Å²) in [5.41, 5.74) is -0.162. The van der Waals surface area contributed by atoms with E-state index in [0.29, 0.717) is 13.0 Å². The maximum atomic E-state index is 13.0. The molecule has 0 spiro atoms. The Morgan fingerprint density at radius 3 is 2.39 bits per heavy atom. The number of esters is 1. The number of hydrogen-bond donors (Lipinski definition) is 1. The zero-order valence-corrected chi connectivity index (χ0v) is 11.1. The quantitative estimate of drug-likeness (QED) is 0.792. The lowest BCUT2D eigenvalue weighted by Crippen LogP contribution is -2.49. The maximum absolute atomic E-state index is 13.0. The van der Waals surface area contributed by atoms with Crippen molar-refractivity contribution < 1.29 is 13.9 Å². The second-order valence-electron chi connectivity index (χ2n) is 4.18. The highest BCUT2D eigenvalue weighted by Crippen LogP contribution is 2.27. The first-order chi connectivity index (χ1) is 8.60. The predicted octanol–water partition coefficient (Wildman–Crippen LogP) is 2.60. The molecule has 1 unspecified atom stereocenters. The topological polar surface area (TPSA) is 38.3 Å². The van der Waals surface area contributed by atoms with Gasteiger partial charge in [-0.3, -0.25) is 5.32 Å². The Hall–Kier alpha value is -1.42. The zero-order chi connectivity index (χ0) is 13.6. The molecule has 4 heteroatoms. The van der Waals surface area contributed by atoms with Crippen LogP contribution in [0.1, 0.15) is 32.3 Å². The molecule has 1 atom stereocenters. The third-order valence-corrected chi connectivity index (χ3v) is 3.08. The molecule has 100 valence electrons. The Balaban J connectivity index is 3.16. The monoisotopic (exact) mass is 253 g/mol. The van der Waals surface area contributed by atoms with Crippen LogP contribution in [-0.4, -0.2) is 19.6 Å². The highest BCUT2D eigenvalue weighted by atomic mass is 19.1. The predicted molar refractivity (Wildman–Crippen MR) is 68.7 cm³/mol. The van der Waals surface area contributed by atoms with Crippen molar-refractivity contribution in [3.63, 3.8) is 0 Å². The summed E-state index contributed by atoms with van der Waals surface area (Å²) < 4.78 is 17.9. The van der Waals surface area contributed by atoms with Crippen molar-refractivity contribution >= 4 is 5.97 Å².